The lowest BCUT2D eigenvalue weighted by Gasteiger charge is -2.22. The smallest absolute Gasteiger partial charge is 0.389 e. The number of methoxy groups -OCH3 is 1. The summed E-state index contributed by atoms with van der Waals surface area (Å²) in [5.41, 5.74) is 0.777. The number of carbonyl (C=O) groups is 1. The number of para-hydroxylation sites is 1. The molecule has 148 valence electrons. The van der Waals surface area contributed by atoms with Gasteiger partial charge in [-0.2, -0.15) is 0 Å². The largest absolute Gasteiger partial charge is 0.426 e. The van der Waals surface area contributed by atoms with Crippen molar-refractivity contribution in [3.8, 4) is 5.75 Å². The number of carbonyl (C=O) groups excluding carboxylic acids is 1. The van der Waals surface area contributed by atoms with Crippen LogP contribution in [0.5, 0.6) is 5.75 Å². The molecule has 0 bridgehead atoms. The zero-order valence-electron chi connectivity index (χ0n) is 14.8. The summed E-state index contributed by atoms with van der Waals surface area (Å²) in [5.74, 6) is 0.377. The van der Waals surface area contributed by atoms with E-state index < -0.39 is 18.9 Å². The minimum atomic E-state index is -3.61. The van der Waals surface area contributed by atoms with Gasteiger partial charge in [0.15, 0.2) is 0 Å². The van der Waals surface area contributed by atoms with Gasteiger partial charge in [0.2, 0.25) is 0 Å². The third-order valence-corrected chi connectivity index (χ3v) is 6.85. The molecule has 2 atom stereocenters. The van der Waals surface area contributed by atoms with Crippen molar-refractivity contribution in [3.05, 3.63) is 29.8 Å². The predicted octanol–water partition coefficient (Wildman–Crippen LogP) is 2.03. The van der Waals surface area contributed by atoms with E-state index >= 15 is 0 Å². The molecule has 8 nitrogen and oxygen atoms in total. The molecule has 1 aromatic carbocycles. The molecule has 0 saturated heterocycles. The van der Waals surface area contributed by atoms with E-state index in [1.54, 1.807) is 18.2 Å². The van der Waals surface area contributed by atoms with Crippen LogP contribution >= 0.6 is 18.2 Å². The Balaban J connectivity index is 2.72. The Kier molecular flexibility index (Phi) is 11.1. The van der Waals surface area contributed by atoms with Gasteiger partial charge in [-0.15, -0.1) is 0 Å². The van der Waals surface area contributed by atoms with Crippen molar-refractivity contribution >= 4 is 24.1 Å². The SMILES string of the molecule is COCC(CO)OP(=O)(OCCO)SCCc1ccccc1OC(C)=O. The second-order valence-electron chi connectivity index (χ2n) is 5.15. The fourth-order valence-electron chi connectivity index (χ4n) is 1.97. The van der Waals surface area contributed by atoms with Gasteiger partial charge in [0.05, 0.1) is 26.4 Å². The molecule has 0 aliphatic heterocycles. The first-order valence-corrected chi connectivity index (χ1v) is 11.1. The zero-order valence-corrected chi connectivity index (χ0v) is 16.5. The van der Waals surface area contributed by atoms with Crippen molar-refractivity contribution in [1.82, 2.24) is 0 Å². The molecule has 2 N–H and O–H groups in total. The third kappa shape index (κ3) is 8.64. The van der Waals surface area contributed by atoms with Crippen molar-refractivity contribution in [3.63, 3.8) is 0 Å². The van der Waals surface area contributed by atoms with E-state index in [2.05, 4.69) is 0 Å². The first-order chi connectivity index (χ1) is 12.4. The van der Waals surface area contributed by atoms with E-state index in [1.807, 2.05) is 6.07 Å². The van der Waals surface area contributed by atoms with Gasteiger partial charge in [-0.3, -0.25) is 13.8 Å². The number of hydrogen-bond acceptors (Lipinski definition) is 9. The molecule has 1 aromatic rings. The Morgan fingerprint density at radius 2 is 2.04 bits per heavy atom. The normalized spacial score (nSPS) is 14.6. The molecule has 1 rings (SSSR count). The molecule has 26 heavy (non-hydrogen) atoms. The summed E-state index contributed by atoms with van der Waals surface area (Å²) in [6, 6.07) is 7.05. The van der Waals surface area contributed by atoms with Gasteiger partial charge in [0, 0.05) is 19.8 Å². The van der Waals surface area contributed by atoms with Gasteiger partial charge in [0.1, 0.15) is 11.9 Å². The molecule has 2 unspecified atom stereocenters. The summed E-state index contributed by atoms with van der Waals surface area (Å²) >= 11 is 0.949. The number of hydrogen-bond donors (Lipinski definition) is 2. The lowest BCUT2D eigenvalue weighted by molar-refractivity contribution is -0.131. The topological polar surface area (TPSA) is 112 Å². The number of benzene rings is 1. The Morgan fingerprint density at radius 1 is 1.31 bits per heavy atom. The fraction of sp³-hybridized carbons (Fsp3) is 0.562. The highest BCUT2D eigenvalue weighted by Gasteiger charge is 2.29. The van der Waals surface area contributed by atoms with Crippen LogP contribution in [0.3, 0.4) is 0 Å². The number of rotatable bonds is 13. The minimum Gasteiger partial charge on any atom is -0.426 e. The van der Waals surface area contributed by atoms with Gasteiger partial charge in [-0.25, -0.2) is 4.57 Å². The monoisotopic (exact) mass is 408 g/mol. The van der Waals surface area contributed by atoms with Crippen LogP contribution in [0.1, 0.15) is 12.5 Å². The quantitative estimate of drug-likeness (QED) is 0.288. The predicted molar refractivity (Wildman–Crippen MR) is 98.4 cm³/mol. The van der Waals surface area contributed by atoms with Crippen LogP contribution in [0.15, 0.2) is 24.3 Å². The molecule has 0 radical (unpaired) electrons. The molecular weight excluding hydrogens is 383 g/mol. The van der Waals surface area contributed by atoms with E-state index in [4.69, 9.17) is 23.6 Å². The average Bonchev–Trinajstić information content (AvgIpc) is 2.61. The number of aliphatic hydroxyl groups excluding tert-OH is 2. The van der Waals surface area contributed by atoms with Gasteiger partial charge < -0.3 is 19.7 Å². The van der Waals surface area contributed by atoms with Crippen LogP contribution in [-0.4, -0.2) is 61.6 Å². The Morgan fingerprint density at radius 3 is 2.65 bits per heavy atom. The highest BCUT2D eigenvalue weighted by Crippen LogP contribution is 2.61. The molecule has 0 amide bonds. The zero-order chi connectivity index (χ0) is 19.4. The van der Waals surface area contributed by atoms with Gasteiger partial charge in [-0.05, 0) is 29.4 Å². The maximum absolute atomic E-state index is 12.8. The van der Waals surface area contributed by atoms with Gasteiger partial charge in [0.25, 0.3) is 0 Å². The molecule has 0 saturated carbocycles. The molecule has 0 aliphatic carbocycles. The second kappa shape index (κ2) is 12.5. The molecule has 0 heterocycles. The lowest BCUT2D eigenvalue weighted by Crippen LogP contribution is -2.22. The molecule has 0 aromatic heterocycles. The lowest BCUT2D eigenvalue weighted by atomic mass is 10.1. The maximum Gasteiger partial charge on any atom is 0.389 e. The first kappa shape index (κ1) is 23.1. The first-order valence-electron chi connectivity index (χ1n) is 7.98. The second-order valence-corrected chi connectivity index (χ2v) is 9.30. The Hall–Kier alpha value is -0.930. The van der Waals surface area contributed by atoms with Crippen molar-refractivity contribution in [1.29, 1.82) is 0 Å². The average molecular weight is 408 g/mol. The maximum atomic E-state index is 12.8. The fourth-order valence-corrected chi connectivity index (χ4v) is 5.44. The van der Waals surface area contributed by atoms with Crippen LogP contribution in [0.25, 0.3) is 0 Å². The van der Waals surface area contributed by atoms with Gasteiger partial charge >= 0.3 is 12.8 Å². The molecule has 10 heteroatoms. The van der Waals surface area contributed by atoms with E-state index in [0.29, 0.717) is 17.9 Å². The number of aliphatic hydroxyl groups is 2. The van der Waals surface area contributed by atoms with Crippen molar-refractivity contribution < 1.29 is 38.1 Å². The molecule has 0 spiro atoms. The Labute approximate surface area is 157 Å². The van der Waals surface area contributed by atoms with Crippen molar-refractivity contribution in [2.24, 2.45) is 0 Å². The number of esters is 1. The number of aryl methyl sites for hydroxylation is 1. The molecule has 0 fully saturated rings. The minimum absolute atomic E-state index is 0.0544. The van der Waals surface area contributed by atoms with E-state index in [1.165, 1.54) is 14.0 Å². The summed E-state index contributed by atoms with van der Waals surface area (Å²) in [4.78, 5) is 11.2. The van der Waals surface area contributed by atoms with E-state index in [9.17, 15) is 14.5 Å². The highest BCUT2D eigenvalue weighted by molar-refractivity contribution is 8.55. The summed E-state index contributed by atoms with van der Waals surface area (Å²) in [7, 11) is 1.44. The van der Waals surface area contributed by atoms with Crippen LogP contribution in [-0.2, 0) is 29.6 Å². The van der Waals surface area contributed by atoms with Crippen LogP contribution < -0.4 is 4.74 Å². The summed E-state index contributed by atoms with van der Waals surface area (Å²) in [6.07, 6.45) is -0.344. The summed E-state index contributed by atoms with van der Waals surface area (Å²) in [6.45, 7) is -3.07. The van der Waals surface area contributed by atoms with Gasteiger partial charge in [-0.1, -0.05) is 18.2 Å². The van der Waals surface area contributed by atoms with Crippen molar-refractivity contribution in [2.75, 3.05) is 39.3 Å². The molecular formula is C16H25O8PS. The standard InChI is InChI=1S/C16H25O8PS/c1-13(19)23-16-6-4-3-5-14(16)7-10-26-25(20,22-9-8-17)24-15(11-18)12-21-2/h3-6,15,17-18H,7-12H2,1-2H3. The summed E-state index contributed by atoms with van der Waals surface area (Å²) in [5, 5.41) is 18.2. The van der Waals surface area contributed by atoms with Crippen molar-refractivity contribution in [2.45, 2.75) is 19.4 Å². The third-order valence-electron chi connectivity index (χ3n) is 3.02. The van der Waals surface area contributed by atoms with Crippen LogP contribution in [0.4, 0.5) is 0 Å². The van der Waals surface area contributed by atoms with Crippen LogP contribution in [0, 0.1) is 0 Å². The van der Waals surface area contributed by atoms with Crippen LogP contribution in [0.2, 0.25) is 0 Å². The summed E-state index contributed by atoms with van der Waals surface area (Å²) < 4.78 is 33.4. The number of ether oxygens (including phenoxy) is 2. The highest BCUT2D eigenvalue weighted by atomic mass is 32.7. The Bertz CT molecular complexity index is 597. The molecule has 0 aliphatic rings. The van der Waals surface area contributed by atoms with E-state index in [-0.39, 0.29) is 26.4 Å². The van der Waals surface area contributed by atoms with E-state index in [0.717, 1.165) is 16.9 Å².